The molecule has 122 valence electrons. The van der Waals surface area contributed by atoms with Gasteiger partial charge in [-0.3, -0.25) is 9.69 Å². The molecular formula is C17H33N3O. The van der Waals surface area contributed by atoms with Crippen LogP contribution in [0, 0.1) is 11.3 Å². The number of rotatable bonds is 4. The molecule has 3 N–H and O–H groups in total. The maximum absolute atomic E-state index is 12.4. The smallest absolute Gasteiger partial charge is 0.237 e. The van der Waals surface area contributed by atoms with Gasteiger partial charge in [0.15, 0.2) is 0 Å². The van der Waals surface area contributed by atoms with Crippen LogP contribution in [0.1, 0.15) is 59.3 Å². The predicted octanol–water partition coefficient (Wildman–Crippen LogP) is 2.13. The third-order valence-corrected chi connectivity index (χ3v) is 5.56. The Morgan fingerprint density at radius 2 is 1.95 bits per heavy atom. The van der Waals surface area contributed by atoms with Crippen molar-refractivity contribution in [2.75, 3.05) is 19.6 Å². The Balaban J connectivity index is 1.79. The number of piperidine rings is 1. The van der Waals surface area contributed by atoms with Gasteiger partial charge in [0.1, 0.15) is 0 Å². The molecule has 1 heterocycles. The van der Waals surface area contributed by atoms with E-state index in [1.54, 1.807) is 0 Å². The van der Waals surface area contributed by atoms with Crippen molar-refractivity contribution in [1.82, 2.24) is 10.2 Å². The van der Waals surface area contributed by atoms with Crippen LogP contribution in [0.4, 0.5) is 0 Å². The number of amides is 1. The van der Waals surface area contributed by atoms with Crippen molar-refractivity contribution in [2.45, 2.75) is 71.4 Å². The van der Waals surface area contributed by atoms with Crippen LogP contribution >= 0.6 is 0 Å². The van der Waals surface area contributed by atoms with Crippen LogP contribution in [0.5, 0.6) is 0 Å². The van der Waals surface area contributed by atoms with Gasteiger partial charge in [0, 0.05) is 25.7 Å². The molecule has 0 aromatic carbocycles. The van der Waals surface area contributed by atoms with Gasteiger partial charge < -0.3 is 11.1 Å². The predicted molar refractivity (Wildman–Crippen MR) is 87.0 cm³/mol. The molecule has 2 aliphatic rings. The molecule has 2 fully saturated rings. The topological polar surface area (TPSA) is 58.4 Å². The Labute approximate surface area is 129 Å². The van der Waals surface area contributed by atoms with E-state index in [0.717, 1.165) is 26.1 Å². The maximum atomic E-state index is 12.4. The zero-order chi connectivity index (χ0) is 15.5. The first kappa shape index (κ1) is 16.8. The van der Waals surface area contributed by atoms with Crippen LogP contribution in [-0.4, -0.2) is 42.5 Å². The summed E-state index contributed by atoms with van der Waals surface area (Å²) >= 11 is 0. The highest BCUT2D eigenvalue weighted by Crippen LogP contribution is 2.29. The lowest BCUT2D eigenvalue weighted by Crippen LogP contribution is -2.57. The van der Waals surface area contributed by atoms with Crippen molar-refractivity contribution in [3.63, 3.8) is 0 Å². The van der Waals surface area contributed by atoms with Crippen molar-refractivity contribution >= 4 is 5.91 Å². The van der Waals surface area contributed by atoms with Crippen molar-refractivity contribution in [1.29, 1.82) is 0 Å². The fraction of sp³-hybridized carbons (Fsp3) is 0.941. The molecule has 1 amide bonds. The lowest BCUT2D eigenvalue weighted by molar-refractivity contribution is -0.127. The second-order valence-corrected chi connectivity index (χ2v) is 7.78. The quantitative estimate of drug-likeness (QED) is 0.835. The highest BCUT2D eigenvalue weighted by Gasteiger charge is 2.36. The third kappa shape index (κ3) is 4.43. The van der Waals surface area contributed by atoms with Crippen LogP contribution in [0.3, 0.4) is 0 Å². The van der Waals surface area contributed by atoms with Gasteiger partial charge in [-0.2, -0.15) is 0 Å². The van der Waals surface area contributed by atoms with E-state index in [0.29, 0.717) is 5.92 Å². The van der Waals surface area contributed by atoms with E-state index in [1.807, 2.05) is 6.92 Å². The SMILES string of the molecule is CC(C(=O)NCC1CCCCC1)N1CCC(N)C(C)(C)C1. The van der Waals surface area contributed by atoms with Gasteiger partial charge >= 0.3 is 0 Å². The van der Waals surface area contributed by atoms with Gasteiger partial charge in [0.05, 0.1) is 6.04 Å². The van der Waals surface area contributed by atoms with E-state index >= 15 is 0 Å². The lowest BCUT2D eigenvalue weighted by Gasteiger charge is -2.44. The molecule has 0 radical (unpaired) electrons. The van der Waals surface area contributed by atoms with E-state index in [1.165, 1.54) is 32.1 Å². The van der Waals surface area contributed by atoms with Gasteiger partial charge in [-0.1, -0.05) is 33.1 Å². The number of nitrogens with zero attached hydrogens (tertiary/aromatic N) is 1. The Hall–Kier alpha value is -0.610. The largest absolute Gasteiger partial charge is 0.354 e. The maximum Gasteiger partial charge on any atom is 0.237 e. The van der Waals surface area contributed by atoms with Crippen LogP contribution in [-0.2, 0) is 4.79 Å². The summed E-state index contributed by atoms with van der Waals surface area (Å²) in [5.74, 6) is 0.882. The molecule has 1 aliphatic carbocycles. The summed E-state index contributed by atoms with van der Waals surface area (Å²) in [6.45, 7) is 9.14. The van der Waals surface area contributed by atoms with Gasteiger partial charge in [-0.05, 0) is 37.5 Å². The number of nitrogens with two attached hydrogens (primary N) is 1. The average Bonchev–Trinajstić information content (AvgIpc) is 2.48. The summed E-state index contributed by atoms with van der Waals surface area (Å²) in [7, 11) is 0. The van der Waals surface area contributed by atoms with Gasteiger partial charge in [0.25, 0.3) is 0 Å². The molecule has 4 nitrogen and oxygen atoms in total. The summed E-state index contributed by atoms with van der Waals surface area (Å²) in [4.78, 5) is 14.7. The Kier molecular flexibility index (Phi) is 5.67. The highest BCUT2D eigenvalue weighted by molar-refractivity contribution is 5.81. The molecule has 21 heavy (non-hydrogen) atoms. The summed E-state index contributed by atoms with van der Waals surface area (Å²) in [6.07, 6.45) is 7.56. The highest BCUT2D eigenvalue weighted by atomic mass is 16.2. The van der Waals surface area contributed by atoms with Gasteiger partial charge in [-0.25, -0.2) is 0 Å². The first-order valence-corrected chi connectivity index (χ1v) is 8.67. The monoisotopic (exact) mass is 295 g/mol. The summed E-state index contributed by atoms with van der Waals surface area (Å²) < 4.78 is 0. The first-order chi connectivity index (χ1) is 9.90. The molecular weight excluding hydrogens is 262 g/mol. The van der Waals surface area contributed by atoms with Gasteiger partial charge in [-0.15, -0.1) is 0 Å². The van der Waals surface area contributed by atoms with Crippen LogP contribution in [0.15, 0.2) is 0 Å². The fourth-order valence-electron chi connectivity index (χ4n) is 3.70. The molecule has 1 saturated heterocycles. The number of hydrogen-bond acceptors (Lipinski definition) is 3. The minimum atomic E-state index is -0.0413. The van der Waals surface area contributed by atoms with Crippen LogP contribution in [0.25, 0.3) is 0 Å². The first-order valence-electron chi connectivity index (χ1n) is 8.67. The molecule has 0 aromatic heterocycles. The second kappa shape index (κ2) is 7.10. The van der Waals surface area contributed by atoms with E-state index < -0.39 is 0 Å². The van der Waals surface area contributed by atoms with E-state index in [-0.39, 0.29) is 23.4 Å². The fourth-order valence-corrected chi connectivity index (χ4v) is 3.70. The number of nitrogens with one attached hydrogen (secondary N) is 1. The Morgan fingerprint density at radius 1 is 1.29 bits per heavy atom. The van der Waals surface area contributed by atoms with Gasteiger partial charge in [0.2, 0.25) is 5.91 Å². The van der Waals surface area contributed by atoms with Crippen LogP contribution < -0.4 is 11.1 Å². The second-order valence-electron chi connectivity index (χ2n) is 7.78. The zero-order valence-electron chi connectivity index (χ0n) is 14.0. The summed E-state index contributed by atoms with van der Waals surface area (Å²) in [6, 6.07) is 0.201. The molecule has 1 saturated carbocycles. The molecule has 0 spiro atoms. The number of hydrogen-bond donors (Lipinski definition) is 2. The zero-order valence-corrected chi connectivity index (χ0v) is 14.0. The minimum Gasteiger partial charge on any atom is -0.354 e. The molecule has 2 atom stereocenters. The normalized spacial score (nSPS) is 29.0. The molecule has 2 rings (SSSR count). The summed E-state index contributed by atoms with van der Waals surface area (Å²) in [5.41, 5.74) is 6.27. The van der Waals surface area contributed by atoms with Crippen molar-refractivity contribution in [3.05, 3.63) is 0 Å². The van der Waals surface area contributed by atoms with Crippen molar-refractivity contribution in [2.24, 2.45) is 17.1 Å². The summed E-state index contributed by atoms with van der Waals surface area (Å²) in [5, 5.41) is 3.18. The Morgan fingerprint density at radius 3 is 2.57 bits per heavy atom. The van der Waals surface area contributed by atoms with Crippen molar-refractivity contribution < 1.29 is 4.79 Å². The molecule has 0 bridgehead atoms. The minimum absolute atomic E-state index is 0.0413. The number of carbonyl (C=O) groups is 1. The number of carbonyl (C=O) groups excluding carboxylic acids is 1. The average molecular weight is 295 g/mol. The standard InChI is InChI=1S/C17H33N3O/c1-13(20-10-9-15(18)17(2,3)12-20)16(21)19-11-14-7-5-4-6-8-14/h13-15H,4-12,18H2,1-3H3,(H,19,21). The van der Waals surface area contributed by atoms with Crippen LogP contribution in [0.2, 0.25) is 0 Å². The van der Waals surface area contributed by atoms with E-state index in [4.69, 9.17) is 5.73 Å². The van der Waals surface area contributed by atoms with Crippen molar-refractivity contribution in [3.8, 4) is 0 Å². The molecule has 2 unspecified atom stereocenters. The Bertz CT molecular complexity index is 350. The molecule has 4 heteroatoms. The van der Waals surface area contributed by atoms with E-state index in [2.05, 4.69) is 24.1 Å². The van der Waals surface area contributed by atoms with E-state index in [9.17, 15) is 4.79 Å². The molecule has 0 aromatic rings. The molecule has 1 aliphatic heterocycles. The lowest BCUT2D eigenvalue weighted by atomic mass is 9.79. The third-order valence-electron chi connectivity index (χ3n) is 5.56. The number of likely N-dealkylation sites (tertiary alicyclic amines) is 1.